The maximum Gasteiger partial charge on any atom is 0.188 e. The molecule has 0 aromatic carbocycles. The standard InChI is InChI=1S/C9H21N5/c10-8(11)14-9(12)13-7-5-3-1-2-4-6-7/h7,9,13H,1-6,12H2,(H4,10,11,14). The summed E-state index contributed by atoms with van der Waals surface area (Å²) < 4.78 is 0. The molecule has 0 radical (unpaired) electrons. The Morgan fingerprint density at radius 1 is 1.14 bits per heavy atom. The Kier molecular flexibility index (Phi) is 4.69. The number of nitrogens with two attached hydrogens (primary N) is 3. The van der Waals surface area contributed by atoms with Crippen LogP contribution in [-0.2, 0) is 0 Å². The van der Waals surface area contributed by atoms with E-state index in [2.05, 4.69) is 10.3 Å². The van der Waals surface area contributed by atoms with Crippen LogP contribution in [0.5, 0.6) is 0 Å². The topological polar surface area (TPSA) is 102 Å². The van der Waals surface area contributed by atoms with Gasteiger partial charge in [0, 0.05) is 6.04 Å². The zero-order chi connectivity index (χ0) is 10.4. The predicted octanol–water partition coefficient (Wildman–Crippen LogP) is -0.186. The van der Waals surface area contributed by atoms with Crippen LogP contribution < -0.4 is 22.5 Å². The fourth-order valence-electron chi connectivity index (χ4n) is 1.89. The SMILES string of the molecule is NC(N)=NC(N)NC1CCCCCC1. The second-order valence-corrected chi connectivity index (χ2v) is 3.85. The third-order valence-corrected chi connectivity index (χ3v) is 2.55. The first-order chi connectivity index (χ1) is 6.68. The molecule has 0 spiro atoms. The molecular weight excluding hydrogens is 178 g/mol. The molecule has 5 nitrogen and oxygen atoms in total. The van der Waals surface area contributed by atoms with Crippen LogP contribution in [0.2, 0.25) is 0 Å². The molecule has 1 saturated carbocycles. The van der Waals surface area contributed by atoms with Crippen molar-refractivity contribution in [3.05, 3.63) is 0 Å². The molecule has 1 aliphatic rings. The van der Waals surface area contributed by atoms with Gasteiger partial charge >= 0.3 is 0 Å². The predicted molar refractivity (Wildman–Crippen MR) is 58.4 cm³/mol. The normalized spacial score (nSPS) is 21.2. The van der Waals surface area contributed by atoms with Crippen LogP contribution in [0.3, 0.4) is 0 Å². The molecule has 14 heavy (non-hydrogen) atoms. The monoisotopic (exact) mass is 199 g/mol. The molecule has 1 fully saturated rings. The highest BCUT2D eigenvalue weighted by Gasteiger charge is 2.13. The Bertz CT molecular complexity index is 180. The van der Waals surface area contributed by atoms with Crippen molar-refractivity contribution in [3.8, 4) is 0 Å². The van der Waals surface area contributed by atoms with E-state index in [1.54, 1.807) is 0 Å². The van der Waals surface area contributed by atoms with E-state index in [-0.39, 0.29) is 5.96 Å². The first-order valence-corrected chi connectivity index (χ1v) is 5.29. The van der Waals surface area contributed by atoms with Crippen molar-refractivity contribution in [3.63, 3.8) is 0 Å². The molecule has 82 valence electrons. The summed E-state index contributed by atoms with van der Waals surface area (Å²) in [7, 11) is 0. The molecule has 1 unspecified atom stereocenters. The summed E-state index contributed by atoms with van der Waals surface area (Å²) in [5.74, 6) is 0.0404. The lowest BCUT2D eigenvalue weighted by atomic mass is 10.1. The van der Waals surface area contributed by atoms with E-state index >= 15 is 0 Å². The minimum atomic E-state index is -0.455. The van der Waals surface area contributed by atoms with Crippen molar-refractivity contribution >= 4 is 5.96 Å². The maximum absolute atomic E-state index is 5.70. The van der Waals surface area contributed by atoms with Crippen LogP contribution in [0.15, 0.2) is 4.99 Å². The van der Waals surface area contributed by atoms with Gasteiger partial charge in [0.2, 0.25) is 0 Å². The average Bonchev–Trinajstić information content (AvgIpc) is 2.31. The summed E-state index contributed by atoms with van der Waals surface area (Å²) in [6.45, 7) is 0. The quantitative estimate of drug-likeness (QED) is 0.219. The zero-order valence-electron chi connectivity index (χ0n) is 8.58. The van der Waals surface area contributed by atoms with Gasteiger partial charge in [0.05, 0.1) is 0 Å². The Balaban J connectivity index is 2.30. The number of aliphatic imine (C=N–C) groups is 1. The number of nitrogens with zero attached hydrogens (tertiary/aromatic N) is 1. The van der Waals surface area contributed by atoms with E-state index in [4.69, 9.17) is 17.2 Å². The van der Waals surface area contributed by atoms with E-state index < -0.39 is 6.29 Å². The molecule has 0 heterocycles. The Morgan fingerprint density at radius 3 is 2.21 bits per heavy atom. The van der Waals surface area contributed by atoms with Gasteiger partial charge < -0.3 is 11.5 Å². The van der Waals surface area contributed by atoms with E-state index in [1.165, 1.54) is 38.5 Å². The van der Waals surface area contributed by atoms with E-state index in [9.17, 15) is 0 Å². The van der Waals surface area contributed by atoms with Gasteiger partial charge in [0.25, 0.3) is 0 Å². The van der Waals surface area contributed by atoms with Crippen molar-refractivity contribution in [1.29, 1.82) is 0 Å². The largest absolute Gasteiger partial charge is 0.370 e. The van der Waals surface area contributed by atoms with E-state index in [1.807, 2.05) is 0 Å². The number of rotatable bonds is 3. The van der Waals surface area contributed by atoms with Crippen LogP contribution >= 0.6 is 0 Å². The lowest BCUT2D eigenvalue weighted by molar-refractivity contribution is 0.405. The van der Waals surface area contributed by atoms with Crippen molar-refractivity contribution in [2.75, 3.05) is 0 Å². The molecule has 1 aliphatic carbocycles. The molecule has 1 rings (SSSR count). The Hall–Kier alpha value is -0.810. The number of hydrogen-bond donors (Lipinski definition) is 4. The van der Waals surface area contributed by atoms with Crippen molar-refractivity contribution in [1.82, 2.24) is 5.32 Å². The summed E-state index contributed by atoms with van der Waals surface area (Å²) in [6, 6.07) is 0.468. The molecule has 5 heteroatoms. The van der Waals surface area contributed by atoms with Crippen molar-refractivity contribution in [2.24, 2.45) is 22.2 Å². The number of hydrogen-bond acceptors (Lipinski definition) is 3. The lowest BCUT2D eigenvalue weighted by Crippen LogP contribution is -2.44. The third-order valence-electron chi connectivity index (χ3n) is 2.55. The lowest BCUT2D eigenvalue weighted by Gasteiger charge is -2.19. The summed E-state index contributed by atoms with van der Waals surface area (Å²) in [6.07, 6.45) is 7.09. The van der Waals surface area contributed by atoms with Gasteiger partial charge in [-0.25, -0.2) is 4.99 Å². The number of nitrogens with one attached hydrogen (secondary N) is 1. The second-order valence-electron chi connectivity index (χ2n) is 3.85. The first kappa shape index (κ1) is 11.3. The summed E-state index contributed by atoms with van der Waals surface area (Å²) >= 11 is 0. The Morgan fingerprint density at radius 2 is 1.71 bits per heavy atom. The number of guanidine groups is 1. The minimum Gasteiger partial charge on any atom is -0.370 e. The molecule has 0 aliphatic heterocycles. The van der Waals surface area contributed by atoms with Crippen LogP contribution in [0.1, 0.15) is 38.5 Å². The third kappa shape index (κ3) is 4.43. The summed E-state index contributed by atoms with van der Waals surface area (Å²) in [5.41, 5.74) is 16.2. The highest BCUT2D eigenvalue weighted by atomic mass is 15.2. The fraction of sp³-hybridized carbons (Fsp3) is 0.889. The van der Waals surface area contributed by atoms with Crippen molar-refractivity contribution in [2.45, 2.75) is 50.9 Å². The van der Waals surface area contributed by atoms with Gasteiger partial charge in [0.1, 0.15) is 0 Å². The van der Waals surface area contributed by atoms with Gasteiger partial charge in [-0.3, -0.25) is 11.1 Å². The van der Waals surface area contributed by atoms with Crippen LogP contribution in [0, 0.1) is 0 Å². The zero-order valence-corrected chi connectivity index (χ0v) is 8.58. The molecule has 7 N–H and O–H groups in total. The Labute approximate surface area is 85.1 Å². The van der Waals surface area contributed by atoms with Gasteiger partial charge in [-0.15, -0.1) is 0 Å². The second kappa shape index (κ2) is 5.82. The molecular formula is C9H21N5. The smallest absolute Gasteiger partial charge is 0.188 e. The van der Waals surface area contributed by atoms with Gasteiger partial charge in [-0.05, 0) is 12.8 Å². The highest BCUT2D eigenvalue weighted by molar-refractivity contribution is 5.75. The molecule has 0 aromatic rings. The fourth-order valence-corrected chi connectivity index (χ4v) is 1.89. The van der Waals surface area contributed by atoms with Gasteiger partial charge in [-0.2, -0.15) is 0 Å². The molecule has 0 aromatic heterocycles. The molecule has 0 bridgehead atoms. The van der Waals surface area contributed by atoms with Crippen LogP contribution in [-0.4, -0.2) is 18.3 Å². The molecule has 0 amide bonds. The molecule has 1 atom stereocenters. The van der Waals surface area contributed by atoms with E-state index in [0.29, 0.717) is 6.04 Å². The van der Waals surface area contributed by atoms with Crippen LogP contribution in [0.25, 0.3) is 0 Å². The van der Waals surface area contributed by atoms with Crippen molar-refractivity contribution < 1.29 is 0 Å². The van der Waals surface area contributed by atoms with E-state index in [0.717, 1.165) is 0 Å². The first-order valence-electron chi connectivity index (χ1n) is 5.29. The average molecular weight is 199 g/mol. The maximum atomic E-state index is 5.70. The van der Waals surface area contributed by atoms with Gasteiger partial charge in [-0.1, -0.05) is 25.7 Å². The summed E-state index contributed by atoms with van der Waals surface area (Å²) in [4.78, 5) is 3.84. The summed E-state index contributed by atoms with van der Waals surface area (Å²) in [5, 5.41) is 3.22. The highest BCUT2D eigenvalue weighted by Crippen LogP contribution is 2.17. The van der Waals surface area contributed by atoms with Gasteiger partial charge in [0.15, 0.2) is 12.2 Å². The van der Waals surface area contributed by atoms with Crippen LogP contribution in [0.4, 0.5) is 0 Å². The molecule has 0 saturated heterocycles. The minimum absolute atomic E-state index is 0.0404.